The molecule has 0 spiro atoms. The number of pyridine rings is 1. The molecule has 0 atom stereocenters. The molecule has 0 fully saturated rings. The summed E-state index contributed by atoms with van der Waals surface area (Å²) < 4.78 is 61.8. The van der Waals surface area contributed by atoms with E-state index in [0.717, 1.165) is 0 Å². The monoisotopic (exact) mass is 319 g/mol. The molecule has 0 aliphatic heterocycles. The van der Waals surface area contributed by atoms with Crippen LogP contribution in [0.5, 0.6) is 0 Å². The Morgan fingerprint density at radius 1 is 1.41 bits per heavy atom. The predicted octanol–water partition coefficient (Wildman–Crippen LogP) is 3.50. The first-order valence-corrected chi connectivity index (χ1v) is 4.73. The highest BCUT2D eigenvalue weighted by molar-refractivity contribution is 9.10. The normalized spacial score (nSPS) is 11.9. The number of aromatic carboxylic acids is 1. The summed E-state index contributed by atoms with van der Waals surface area (Å²) in [5, 5.41) is 8.56. The standard InChI is InChI=1S/C8H3BrF5NO2/c9-3-1-2(8(12,13)14)4(7(16)17)5(15-3)6(10)11/h1,6H,(H,16,17). The smallest absolute Gasteiger partial charge is 0.417 e. The third-order valence-corrected chi connectivity index (χ3v) is 2.15. The van der Waals surface area contributed by atoms with E-state index in [1.165, 1.54) is 0 Å². The Balaban J connectivity index is 3.64. The lowest BCUT2D eigenvalue weighted by Gasteiger charge is -2.13. The number of hydrogen-bond acceptors (Lipinski definition) is 2. The van der Waals surface area contributed by atoms with Gasteiger partial charge in [-0.05, 0) is 22.0 Å². The number of aromatic nitrogens is 1. The van der Waals surface area contributed by atoms with Gasteiger partial charge in [-0.3, -0.25) is 0 Å². The van der Waals surface area contributed by atoms with Crippen molar-refractivity contribution < 1.29 is 31.9 Å². The molecule has 0 aliphatic carbocycles. The molecule has 1 heterocycles. The molecule has 1 aromatic rings. The summed E-state index contributed by atoms with van der Waals surface area (Å²) in [6.45, 7) is 0. The topological polar surface area (TPSA) is 50.2 Å². The van der Waals surface area contributed by atoms with Gasteiger partial charge in [-0.1, -0.05) is 0 Å². The maximum atomic E-state index is 12.5. The Hall–Kier alpha value is -1.25. The molecule has 0 bridgehead atoms. The van der Waals surface area contributed by atoms with Crippen LogP contribution in [0.1, 0.15) is 28.0 Å². The maximum absolute atomic E-state index is 12.5. The minimum absolute atomic E-state index is 0.343. The molecule has 0 radical (unpaired) electrons. The fraction of sp³-hybridized carbons (Fsp3) is 0.250. The van der Waals surface area contributed by atoms with Crippen LogP contribution < -0.4 is 0 Å². The molecule has 0 amide bonds. The van der Waals surface area contributed by atoms with E-state index in [4.69, 9.17) is 5.11 Å². The summed E-state index contributed by atoms with van der Waals surface area (Å²) in [7, 11) is 0. The van der Waals surface area contributed by atoms with Crippen molar-refractivity contribution >= 4 is 21.9 Å². The van der Waals surface area contributed by atoms with E-state index in [9.17, 15) is 26.7 Å². The van der Waals surface area contributed by atoms with Gasteiger partial charge >= 0.3 is 12.1 Å². The van der Waals surface area contributed by atoms with Crippen molar-refractivity contribution in [3.8, 4) is 0 Å². The van der Waals surface area contributed by atoms with Crippen molar-refractivity contribution in [1.82, 2.24) is 4.98 Å². The minimum atomic E-state index is -5.05. The number of hydrogen-bond donors (Lipinski definition) is 1. The molecule has 9 heteroatoms. The minimum Gasteiger partial charge on any atom is -0.478 e. The molecule has 94 valence electrons. The van der Waals surface area contributed by atoms with Crippen molar-refractivity contribution in [2.75, 3.05) is 0 Å². The second-order valence-electron chi connectivity index (χ2n) is 2.86. The summed E-state index contributed by atoms with van der Waals surface area (Å²) >= 11 is 2.52. The van der Waals surface area contributed by atoms with Gasteiger partial charge in [-0.25, -0.2) is 18.6 Å². The van der Waals surface area contributed by atoms with Crippen molar-refractivity contribution in [3.05, 3.63) is 27.5 Å². The molecule has 1 rings (SSSR count). The van der Waals surface area contributed by atoms with Crippen molar-refractivity contribution in [2.45, 2.75) is 12.6 Å². The van der Waals surface area contributed by atoms with E-state index in [1.807, 2.05) is 0 Å². The van der Waals surface area contributed by atoms with Crippen LogP contribution in [-0.2, 0) is 6.18 Å². The van der Waals surface area contributed by atoms with Gasteiger partial charge < -0.3 is 5.11 Å². The molecule has 17 heavy (non-hydrogen) atoms. The van der Waals surface area contributed by atoms with Crippen LogP contribution in [-0.4, -0.2) is 16.1 Å². The zero-order chi connectivity index (χ0) is 13.4. The lowest BCUT2D eigenvalue weighted by Crippen LogP contribution is -2.17. The lowest BCUT2D eigenvalue weighted by atomic mass is 10.1. The number of halogens is 6. The maximum Gasteiger partial charge on any atom is 0.417 e. The predicted molar refractivity (Wildman–Crippen MR) is 48.9 cm³/mol. The number of rotatable bonds is 2. The quantitative estimate of drug-likeness (QED) is 0.670. The largest absolute Gasteiger partial charge is 0.478 e. The molecule has 0 aromatic carbocycles. The average molecular weight is 320 g/mol. The first-order chi connectivity index (χ1) is 7.64. The Labute approximate surface area is 99.4 Å². The second-order valence-corrected chi connectivity index (χ2v) is 3.67. The summed E-state index contributed by atoms with van der Waals surface area (Å²) in [6, 6.07) is 0.343. The molecule has 0 unspecified atom stereocenters. The van der Waals surface area contributed by atoms with Gasteiger partial charge in [-0.2, -0.15) is 13.2 Å². The van der Waals surface area contributed by atoms with Gasteiger partial charge in [0.15, 0.2) is 0 Å². The third kappa shape index (κ3) is 2.90. The van der Waals surface area contributed by atoms with Gasteiger partial charge in [0, 0.05) is 0 Å². The molecule has 0 aliphatic rings. The summed E-state index contributed by atoms with van der Waals surface area (Å²) in [4.78, 5) is 13.7. The molecular weight excluding hydrogens is 317 g/mol. The van der Waals surface area contributed by atoms with Crippen LogP contribution in [0, 0.1) is 0 Å². The van der Waals surface area contributed by atoms with E-state index in [2.05, 4.69) is 20.9 Å². The molecule has 1 aromatic heterocycles. The number of carbonyl (C=O) groups is 1. The van der Waals surface area contributed by atoms with Gasteiger partial charge in [0.1, 0.15) is 10.3 Å². The van der Waals surface area contributed by atoms with E-state index < -0.39 is 40.0 Å². The highest BCUT2D eigenvalue weighted by Crippen LogP contribution is 2.36. The van der Waals surface area contributed by atoms with E-state index in [-0.39, 0.29) is 0 Å². The summed E-state index contributed by atoms with van der Waals surface area (Å²) in [6.07, 6.45) is -8.47. The van der Waals surface area contributed by atoms with Gasteiger partial charge in [0.2, 0.25) is 0 Å². The lowest BCUT2D eigenvalue weighted by molar-refractivity contribution is -0.138. The van der Waals surface area contributed by atoms with Crippen LogP contribution in [0.25, 0.3) is 0 Å². The van der Waals surface area contributed by atoms with Crippen LogP contribution in [0.4, 0.5) is 22.0 Å². The second kappa shape index (κ2) is 4.55. The Kier molecular flexibility index (Phi) is 3.70. The van der Waals surface area contributed by atoms with E-state index in [0.29, 0.717) is 6.07 Å². The third-order valence-electron chi connectivity index (χ3n) is 1.74. The van der Waals surface area contributed by atoms with Crippen molar-refractivity contribution in [2.24, 2.45) is 0 Å². The van der Waals surface area contributed by atoms with Crippen molar-refractivity contribution in [3.63, 3.8) is 0 Å². The Morgan fingerprint density at radius 2 is 1.94 bits per heavy atom. The fourth-order valence-electron chi connectivity index (χ4n) is 1.14. The molecular formula is C8H3BrF5NO2. The summed E-state index contributed by atoms with van der Waals surface area (Å²) in [5.74, 6) is -2.10. The highest BCUT2D eigenvalue weighted by atomic mass is 79.9. The highest BCUT2D eigenvalue weighted by Gasteiger charge is 2.39. The number of carboxylic acids is 1. The first-order valence-electron chi connectivity index (χ1n) is 3.93. The zero-order valence-corrected chi connectivity index (χ0v) is 9.31. The Bertz CT molecular complexity index is 460. The average Bonchev–Trinajstić information content (AvgIpc) is 2.14. The Morgan fingerprint density at radius 3 is 2.29 bits per heavy atom. The van der Waals surface area contributed by atoms with E-state index >= 15 is 0 Å². The van der Waals surface area contributed by atoms with Crippen LogP contribution in [0.3, 0.4) is 0 Å². The number of nitrogens with zero attached hydrogens (tertiary/aromatic N) is 1. The zero-order valence-electron chi connectivity index (χ0n) is 7.73. The van der Waals surface area contributed by atoms with Crippen LogP contribution >= 0.6 is 15.9 Å². The number of alkyl halides is 5. The SMILES string of the molecule is O=C(O)c1c(C(F)(F)F)cc(Br)nc1C(F)F. The van der Waals surface area contributed by atoms with Gasteiger partial charge in [0.25, 0.3) is 6.43 Å². The first kappa shape index (κ1) is 13.8. The van der Waals surface area contributed by atoms with Crippen molar-refractivity contribution in [1.29, 1.82) is 0 Å². The van der Waals surface area contributed by atoms with Gasteiger partial charge in [-0.15, -0.1) is 0 Å². The number of carboxylic acid groups (broad SMARTS) is 1. The molecule has 3 nitrogen and oxygen atoms in total. The van der Waals surface area contributed by atoms with Crippen LogP contribution in [0.15, 0.2) is 10.7 Å². The molecule has 0 saturated heterocycles. The fourth-order valence-corrected chi connectivity index (χ4v) is 1.56. The molecule has 0 saturated carbocycles. The van der Waals surface area contributed by atoms with E-state index in [1.54, 1.807) is 0 Å². The van der Waals surface area contributed by atoms with Gasteiger partial charge in [0.05, 0.1) is 11.1 Å². The van der Waals surface area contributed by atoms with Crippen LogP contribution in [0.2, 0.25) is 0 Å². The summed E-state index contributed by atoms with van der Waals surface area (Å²) in [5.41, 5.74) is -4.61. The molecule has 1 N–H and O–H groups in total.